The van der Waals surface area contributed by atoms with E-state index in [0.29, 0.717) is 6.54 Å². The lowest BCUT2D eigenvalue weighted by molar-refractivity contribution is -0.149. The summed E-state index contributed by atoms with van der Waals surface area (Å²) < 4.78 is 9.46. The Morgan fingerprint density at radius 1 is 1.25 bits per heavy atom. The monoisotopic (exact) mass is 225 g/mol. The highest BCUT2D eigenvalue weighted by atomic mass is 16.5. The van der Waals surface area contributed by atoms with Crippen LogP contribution < -0.4 is 0 Å². The van der Waals surface area contributed by atoms with Gasteiger partial charge in [-0.1, -0.05) is 12.2 Å². The van der Waals surface area contributed by atoms with Gasteiger partial charge in [-0.2, -0.15) is 0 Å². The number of ether oxygens (including phenoxy) is 2. The number of carbonyl (C=O) groups is 2. The van der Waals surface area contributed by atoms with E-state index in [2.05, 4.69) is 6.08 Å². The number of rotatable bonds is 1. The smallest absolute Gasteiger partial charge is 0.410 e. The molecule has 0 aromatic heterocycles. The van der Waals surface area contributed by atoms with Crippen molar-refractivity contribution < 1.29 is 19.1 Å². The van der Waals surface area contributed by atoms with Crippen LogP contribution in [0.5, 0.6) is 0 Å². The molecule has 0 N–H and O–H groups in total. The first kappa shape index (κ1) is 11.0. The van der Waals surface area contributed by atoms with E-state index in [4.69, 9.17) is 9.47 Å². The highest BCUT2D eigenvalue weighted by molar-refractivity contribution is 5.77. The summed E-state index contributed by atoms with van der Waals surface area (Å²) in [7, 11) is 2.72. The minimum absolute atomic E-state index is 0.218. The third-order valence-corrected chi connectivity index (χ3v) is 3.25. The molecule has 3 atom stereocenters. The van der Waals surface area contributed by atoms with Gasteiger partial charge < -0.3 is 14.4 Å². The molecule has 2 aliphatic heterocycles. The molecule has 5 nitrogen and oxygen atoms in total. The lowest BCUT2D eigenvalue weighted by Gasteiger charge is -2.44. The fourth-order valence-corrected chi connectivity index (χ4v) is 2.48. The lowest BCUT2D eigenvalue weighted by Crippen LogP contribution is -2.55. The summed E-state index contributed by atoms with van der Waals surface area (Å²) in [6, 6.07) is -0.218. The number of nitrogens with zero attached hydrogens (tertiary/aromatic N) is 1. The Hall–Kier alpha value is -1.52. The van der Waals surface area contributed by atoms with Gasteiger partial charge in [-0.25, -0.2) is 4.79 Å². The van der Waals surface area contributed by atoms with Crippen LogP contribution in [0.1, 0.15) is 6.42 Å². The Kier molecular flexibility index (Phi) is 2.85. The fraction of sp³-hybridized carbons (Fsp3) is 0.636. The summed E-state index contributed by atoms with van der Waals surface area (Å²) in [4.78, 5) is 24.7. The Morgan fingerprint density at radius 3 is 2.56 bits per heavy atom. The third kappa shape index (κ3) is 1.66. The Balaban J connectivity index is 2.19. The van der Waals surface area contributed by atoms with Crippen molar-refractivity contribution >= 4 is 12.1 Å². The van der Waals surface area contributed by atoms with E-state index in [1.54, 1.807) is 4.90 Å². The lowest BCUT2D eigenvalue weighted by atomic mass is 9.78. The predicted octanol–water partition coefficient (Wildman–Crippen LogP) is 0.802. The molecular weight excluding hydrogens is 210 g/mol. The molecule has 0 radical (unpaired) electrons. The van der Waals surface area contributed by atoms with E-state index in [-0.39, 0.29) is 29.9 Å². The van der Waals surface area contributed by atoms with Crippen molar-refractivity contribution in [1.29, 1.82) is 0 Å². The maximum absolute atomic E-state index is 11.6. The third-order valence-electron chi connectivity index (χ3n) is 3.25. The van der Waals surface area contributed by atoms with Gasteiger partial charge in [0.2, 0.25) is 0 Å². The second-order valence-electron chi connectivity index (χ2n) is 4.12. The fourth-order valence-electron chi connectivity index (χ4n) is 2.48. The van der Waals surface area contributed by atoms with Gasteiger partial charge in [0.05, 0.1) is 26.2 Å². The Labute approximate surface area is 94.0 Å². The summed E-state index contributed by atoms with van der Waals surface area (Å²) in [5.74, 6) is -0.283. The number of piperidine rings is 1. The molecule has 16 heavy (non-hydrogen) atoms. The van der Waals surface area contributed by atoms with Crippen LogP contribution in [0, 0.1) is 11.8 Å². The minimum atomic E-state index is -0.382. The van der Waals surface area contributed by atoms with Gasteiger partial charge in [0.1, 0.15) is 0 Å². The molecule has 88 valence electrons. The van der Waals surface area contributed by atoms with Gasteiger partial charge in [-0.3, -0.25) is 4.79 Å². The first-order valence-electron chi connectivity index (χ1n) is 5.28. The summed E-state index contributed by atoms with van der Waals surface area (Å²) in [5.41, 5.74) is 0. The zero-order valence-corrected chi connectivity index (χ0v) is 9.38. The van der Waals surface area contributed by atoms with Gasteiger partial charge in [-0.15, -0.1) is 0 Å². The Bertz CT molecular complexity index is 313. The number of amides is 1. The molecular formula is C11H15NO4. The number of fused-ring (bicyclic) bond motifs is 2. The van der Waals surface area contributed by atoms with Crippen LogP contribution in [0.2, 0.25) is 0 Å². The molecule has 1 saturated heterocycles. The van der Waals surface area contributed by atoms with Crippen molar-refractivity contribution in [3.63, 3.8) is 0 Å². The molecule has 3 rings (SSSR count). The summed E-state index contributed by atoms with van der Waals surface area (Å²) in [6.07, 6.45) is 4.33. The van der Waals surface area contributed by atoms with Gasteiger partial charge in [0.25, 0.3) is 0 Å². The van der Waals surface area contributed by atoms with Gasteiger partial charge in [0.15, 0.2) is 0 Å². The second-order valence-corrected chi connectivity index (χ2v) is 4.12. The van der Waals surface area contributed by atoms with Crippen LogP contribution >= 0.6 is 0 Å². The second kappa shape index (κ2) is 4.15. The van der Waals surface area contributed by atoms with Crippen LogP contribution in [0.25, 0.3) is 0 Å². The van der Waals surface area contributed by atoms with Crippen LogP contribution in [-0.2, 0) is 14.3 Å². The normalized spacial score (nSPS) is 31.4. The van der Waals surface area contributed by atoms with E-state index in [0.717, 1.165) is 6.42 Å². The summed E-state index contributed by atoms with van der Waals surface area (Å²) >= 11 is 0. The van der Waals surface area contributed by atoms with Gasteiger partial charge in [0, 0.05) is 6.54 Å². The molecule has 0 saturated carbocycles. The maximum Gasteiger partial charge on any atom is 0.410 e. The number of esters is 1. The van der Waals surface area contributed by atoms with E-state index < -0.39 is 0 Å². The largest absolute Gasteiger partial charge is 0.469 e. The highest BCUT2D eigenvalue weighted by Gasteiger charge is 2.44. The number of hydrogen-bond acceptors (Lipinski definition) is 4. The molecule has 0 aromatic rings. The van der Waals surface area contributed by atoms with Crippen LogP contribution in [0.3, 0.4) is 0 Å². The summed E-state index contributed by atoms with van der Waals surface area (Å²) in [6.45, 7) is 0.626. The van der Waals surface area contributed by atoms with Gasteiger partial charge in [-0.05, 0) is 12.3 Å². The minimum Gasteiger partial charge on any atom is -0.469 e. The predicted molar refractivity (Wildman–Crippen MR) is 55.7 cm³/mol. The molecule has 5 heteroatoms. The van der Waals surface area contributed by atoms with Crippen molar-refractivity contribution in [1.82, 2.24) is 4.90 Å². The molecule has 1 amide bonds. The van der Waals surface area contributed by atoms with E-state index in [9.17, 15) is 9.59 Å². The first-order chi connectivity index (χ1) is 7.67. The quantitative estimate of drug-likeness (QED) is 0.489. The van der Waals surface area contributed by atoms with E-state index >= 15 is 0 Å². The number of hydrogen-bond donors (Lipinski definition) is 0. The average Bonchev–Trinajstić information content (AvgIpc) is 2.37. The van der Waals surface area contributed by atoms with Crippen molar-refractivity contribution in [2.24, 2.45) is 11.8 Å². The van der Waals surface area contributed by atoms with Gasteiger partial charge >= 0.3 is 12.1 Å². The molecule has 1 fully saturated rings. The zero-order chi connectivity index (χ0) is 11.7. The SMILES string of the molecule is COC(=O)[C@@H]1C[C@H]2C=C[C@H]1N(C(=O)OC)C2. The Morgan fingerprint density at radius 2 is 2.00 bits per heavy atom. The summed E-state index contributed by atoms with van der Waals surface area (Å²) in [5, 5.41) is 0. The highest BCUT2D eigenvalue weighted by Crippen LogP contribution is 2.35. The standard InChI is InChI=1S/C11H15NO4/c1-15-10(13)8-5-7-3-4-9(8)12(6-7)11(14)16-2/h3-4,7-9H,5-6H2,1-2H3/t7-,8-,9-/m1/s1. The number of methoxy groups -OCH3 is 2. The zero-order valence-electron chi connectivity index (χ0n) is 9.38. The average molecular weight is 225 g/mol. The molecule has 0 aromatic carbocycles. The molecule has 1 aliphatic carbocycles. The van der Waals surface area contributed by atoms with Crippen LogP contribution in [0.4, 0.5) is 4.79 Å². The topological polar surface area (TPSA) is 55.8 Å². The van der Waals surface area contributed by atoms with Crippen molar-refractivity contribution in [2.45, 2.75) is 12.5 Å². The van der Waals surface area contributed by atoms with Crippen molar-refractivity contribution in [3.8, 4) is 0 Å². The van der Waals surface area contributed by atoms with E-state index in [1.807, 2.05) is 6.08 Å². The first-order valence-corrected chi connectivity index (χ1v) is 5.28. The molecule has 3 aliphatic rings. The van der Waals surface area contributed by atoms with Crippen LogP contribution in [-0.4, -0.2) is 43.8 Å². The molecule has 0 unspecified atom stereocenters. The van der Waals surface area contributed by atoms with Crippen molar-refractivity contribution in [2.75, 3.05) is 20.8 Å². The van der Waals surface area contributed by atoms with Crippen molar-refractivity contribution in [3.05, 3.63) is 12.2 Å². The molecule has 0 spiro atoms. The molecule has 2 heterocycles. The number of carbonyl (C=O) groups excluding carboxylic acids is 2. The molecule has 2 bridgehead atoms. The van der Waals surface area contributed by atoms with Crippen LogP contribution in [0.15, 0.2) is 12.2 Å². The maximum atomic E-state index is 11.6. The van der Waals surface area contributed by atoms with E-state index in [1.165, 1.54) is 14.2 Å².